The van der Waals surface area contributed by atoms with Gasteiger partial charge in [-0.05, 0) is 177 Å². The molecule has 0 aliphatic heterocycles. The van der Waals surface area contributed by atoms with Crippen LogP contribution < -0.4 is 53.3 Å². The molecule has 5 saturated carbocycles. The number of nitrogens with zero attached hydrogens (tertiary/aromatic N) is 9. The molecule has 43 heteroatoms. The summed E-state index contributed by atoms with van der Waals surface area (Å²) in [5.74, 6) is 7.63. The predicted molar refractivity (Wildman–Crippen MR) is 547 cm³/mol. The maximum Gasteiger partial charge on any atom is 0.407 e. The van der Waals surface area contributed by atoms with E-state index in [0.717, 1.165) is 118 Å². The number of Topliss-reactive ketones (excluding diaryl/α,β-unsaturated/α-hetero) is 1. The van der Waals surface area contributed by atoms with E-state index in [0.29, 0.717) is 99.3 Å². The zero-order valence-corrected chi connectivity index (χ0v) is 84.9. The number of benzene rings is 6. The fourth-order valence-electron chi connectivity index (χ4n) is 15.0. The average Bonchev–Trinajstić information content (AvgIpc) is 1.19. The third-order valence-electron chi connectivity index (χ3n) is 22.0. The van der Waals surface area contributed by atoms with Crippen LogP contribution in [0.5, 0.6) is 0 Å². The molecule has 0 saturated heterocycles. The second-order valence-corrected chi connectivity index (χ2v) is 42.7. The molecule has 6 aromatic heterocycles. The summed E-state index contributed by atoms with van der Waals surface area (Å²) in [5.41, 5.74) is 4.25. The van der Waals surface area contributed by atoms with Crippen molar-refractivity contribution >= 4 is 145 Å². The van der Waals surface area contributed by atoms with Gasteiger partial charge in [-0.25, -0.2) is 34.7 Å². The number of rotatable bonds is 29. The number of alkyl carbamates (subject to hydrolysis) is 2. The van der Waals surface area contributed by atoms with Crippen molar-refractivity contribution in [1.82, 2.24) is 77.6 Å². The largest absolute Gasteiger partial charge is 0.476 e. The number of aliphatic hydroxyl groups is 3. The number of hydrogen-bond donors (Lipinski definition) is 11. The fourth-order valence-corrected chi connectivity index (χ4v) is 21.4. The van der Waals surface area contributed by atoms with Gasteiger partial charge in [0.2, 0.25) is 5.91 Å². The summed E-state index contributed by atoms with van der Waals surface area (Å²) in [7, 11) is 0. The van der Waals surface area contributed by atoms with E-state index in [2.05, 4.69) is 119 Å². The third-order valence-corrected chi connectivity index (χ3v) is 29.2. The van der Waals surface area contributed by atoms with Crippen molar-refractivity contribution in [3.63, 3.8) is 0 Å². The van der Waals surface area contributed by atoms with Gasteiger partial charge in [0.1, 0.15) is 47.0 Å². The normalized spacial score (nSPS) is 17.2. The molecule has 5 amide bonds. The minimum absolute atomic E-state index is 0. The lowest BCUT2D eigenvalue weighted by Crippen LogP contribution is -2.47. The van der Waals surface area contributed by atoms with E-state index >= 15 is 0 Å². The molecule has 5 aliphatic rings. The van der Waals surface area contributed by atoms with Crippen LogP contribution in [0.15, 0.2) is 214 Å². The standard InChI is InChI=1S/C22H21O2P.2C18H18N4O3S.C11H21N3O3.C10H7NO3.C9H15NO3.C8H12ClN3OS.C4H5ClO3.CH4/c1-2-24-22(23)18-25(19-12-6-3-7-13-19,20-14-8-4-9-15-20)21-16-10-5-11-17-21;2*23-10-17-21-20-16(26-17)8-11-6-13(7-11)19-18(24)14-9-15(25-22-14)12-4-2-1-3-5-12;1-11(2,3)17-10(16)13-8-4-7(5-8)6-9(15)14-12;12-10(13)8-6-9(14-11-8)7-4-2-1-3-5-7;1-9(2,3)13-8(12)10-6-4-7(11)5-6;9-10-6-1-5(2-6)3-7-11-12-8(4-13)14-7;1-2-8-4(7)3(5)6;/h3-18H,2H2,1H3;2*1-5,9,11,13,23H,6-8,10H2,(H,19,24);7-8H,4-6,12H2,1-3H3,(H,13,16)(H,14,15);1-6H,(H,12,13);6H,4-5H2,1-3H3,(H,10,12);5-6,10,13H,1-4H2;2H2,1H3;1H4. The number of halogens is 2. The molecule has 12 aromatic rings. The summed E-state index contributed by atoms with van der Waals surface area (Å²) in [6, 6.07) is 64.7. The lowest BCUT2D eigenvalue weighted by atomic mass is 9.78. The molecular formula is C101H121Cl2N16O21PS3. The van der Waals surface area contributed by atoms with Crippen LogP contribution in [0.1, 0.15) is 195 Å². The van der Waals surface area contributed by atoms with Crippen LogP contribution >= 0.6 is 64.3 Å². The number of carboxylic acid groups (broad SMARTS) is 1. The highest BCUT2D eigenvalue weighted by Crippen LogP contribution is 2.44. The minimum Gasteiger partial charge on any atom is -0.476 e. The molecule has 0 unspecified atom stereocenters. The summed E-state index contributed by atoms with van der Waals surface area (Å²) < 4.78 is 35.1. The first-order valence-electron chi connectivity index (χ1n) is 46.1. The Labute approximate surface area is 855 Å². The maximum absolute atomic E-state index is 12.5. The number of ketones is 1. The second kappa shape index (κ2) is 57.5. The van der Waals surface area contributed by atoms with Crippen LogP contribution in [-0.4, -0.2) is 186 Å². The molecule has 6 heterocycles. The van der Waals surface area contributed by atoms with E-state index in [1.54, 1.807) is 45.6 Å². The number of nitrogens with one attached hydrogen (secondary N) is 6. The van der Waals surface area contributed by atoms with Crippen molar-refractivity contribution in [2.75, 3.05) is 13.2 Å². The SMILES string of the molecule is C.CC(C)(C)OC(=O)NC1CC(=O)C1.CC(C)(C)OC(=O)NC1CC(CC(=O)NN)C1.CCOC(=O)C(=O)Cl.CCOC(=O)C=P(c1ccccc1)(c1ccccc1)c1ccccc1.O=C(NC1CC(Cc2nnc(CO)s2)C1)c1cc(-c2ccccc2)on1.O=C(NC1CC(Cc2nnc(CO)s2)C1)c1cc(-c2ccccc2)on1.O=C(O)c1cc(-c2ccccc2)on1.OCc1nnc(CC2CC(NCl)C2)s1. The molecule has 0 atom stereocenters. The topological polar surface area (TPSA) is 542 Å². The monoisotopic (exact) mass is 2090 g/mol. The third kappa shape index (κ3) is 37.3. The molecule has 144 heavy (non-hydrogen) atoms. The van der Waals surface area contributed by atoms with E-state index in [9.17, 15) is 47.9 Å². The molecule has 5 fully saturated rings. The Morgan fingerprint density at radius 2 is 0.764 bits per heavy atom. The number of hydrazine groups is 1. The Morgan fingerprint density at radius 3 is 1.06 bits per heavy atom. The molecule has 5 aliphatic carbocycles. The highest BCUT2D eigenvalue weighted by molar-refractivity contribution is 7.95. The van der Waals surface area contributed by atoms with Crippen LogP contribution in [0.4, 0.5) is 9.59 Å². The predicted octanol–water partition coefficient (Wildman–Crippen LogP) is 14.2. The summed E-state index contributed by atoms with van der Waals surface area (Å²) in [5, 5.41) is 89.1. The molecule has 6 aromatic carbocycles. The van der Waals surface area contributed by atoms with Crippen LogP contribution in [0.2, 0.25) is 0 Å². The molecule has 0 bridgehead atoms. The lowest BCUT2D eigenvalue weighted by Gasteiger charge is -2.35. The van der Waals surface area contributed by atoms with Crippen LogP contribution in [-0.2, 0) is 82.0 Å². The highest BCUT2D eigenvalue weighted by atomic mass is 35.5. The Balaban J connectivity index is 0.000000188. The Bertz CT molecular complexity index is 5850. The van der Waals surface area contributed by atoms with Crippen molar-refractivity contribution in [3.8, 4) is 34.0 Å². The number of nitrogens with two attached hydrogens (primary N) is 1. The maximum atomic E-state index is 12.5. The molecule has 0 radical (unpaired) electrons. The molecule has 17 rings (SSSR count). The Kier molecular flexibility index (Phi) is 45.7. The summed E-state index contributed by atoms with van der Waals surface area (Å²) >= 11 is 14.6. The first-order chi connectivity index (χ1) is 68.6. The number of aromatic carboxylic acids is 1. The second-order valence-electron chi connectivity index (χ2n) is 35.5. The first kappa shape index (κ1) is 115. The molecule has 0 spiro atoms. The number of aliphatic hydroxyl groups excluding tert-OH is 3. The molecule has 768 valence electrons. The van der Waals surface area contributed by atoms with Crippen molar-refractivity contribution in [1.29, 1.82) is 0 Å². The number of aromatic nitrogens is 9. The van der Waals surface area contributed by atoms with Crippen molar-refractivity contribution < 1.29 is 101 Å². The van der Waals surface area contributed by atoms with Gasteiger partial charge in [-0.2, -0.15) is 0 Å². The van der Waals surface area contributed by atoms with E-state index < -0.39 is 47.5 Å². The average molecular weight is 2090 g/mol. The first-order valence-corrected chi connectivity index (χ1v) is 51.2. The number of carboxylic acids is 1. The number of hydrogen-bond acceptors (Lipinski definition) is 34. The Morgan fingerprint density at radius 1 is 0.451 bits per heavy atom. The van der Waals surface area contributed by atoms with Gasteiger partial charge in [0.25, 0.3) is 11.8 Å². The van der Waals surface area contributed by atoms with Crippen LogP contribution in [0, 0.1) is 23.7 Å². The molecular weight excluding hydrogens is 1970 g/mol. The van der Waals surface area contributed by atoms with Crippen molar-refractivity contribution in [2.24, 2.45) is 29.5 Å². The van der Waals surface area contributed by atoms with Gasteiger partial charge in [-0.1, -0.05) is 239 Å². The smallest absolute Gasteiger partial charge is 0.407 e. The van der Waals surface area contributed by atoms with Gasteiger partial charge in [0, 0.05) is 109 Å². The van der Waals surface area contributed by atoms with Crippen LogP contribution in [0.3, 0.4) is 0 Å². The van der Waals surface area contributed by atoms with E-state index in [1.165, 1.54) is 40.1 Å². The van der Waals surface area contributed by atoms with Gasteiger partial charge in [-0.3, -0.25) is 29.4 Å². The number of esters is 2. The van der Waals surface area contributed by atoms with Gasteiger partial charge in [-0.15, -0.1) is 30.6 Å². The van der Waals surface area contributed by atoms with E-state index in [-0.39, 0.29) is 93.2 Å². The quantitative estimate of drug-likeness (QED) is 0.00239. The van der Waals surface area contributed by atoms with E-state index in [4.69, 9.17) is 77.4 Å². The fraction of sp³-hybridized carbons (Fsp3) is 0.386. The van der Waals surface area contributed by atoms with Crippen LogP contribution in [0.25, 0.3) is 34.0 Å². The lowest BCUT2D eigenvalue weighted by molar-refractivity contribution is -0.149. The Hall–Kier alpha value is -13.0. The van der Waals surface area contributed by atoms with E-state index in [1.807, 2.05) is 173 Å². The summed E-state index contributed by atoms with van der Waals surface area (Å²) in [4.78, 5) is 114. The van der Waals surface area contributed by atoms with Gasteiger partial charge < -0.3 is 74.2 Å². The summed E-state index contributed by atoms with van der Waals surface area (Å²) in [6.07, 6.45) is 10.5. The van der Waals surface area contributed by atoms with Gasteiger partial charge in [0.05, 0.1) is 33.0 Å². The van der Waals surface area contributed by atoms with Crippen molar-refractivity contribution in [2.45, 2.75) is 214 Å². The minimum atomic E-state index is -2.24. The molecule has 12 N–H and O–H groups in total. The highest BCUT2D eigenvalue weighted by Gasteiger charge is 2.37. The number of carbonyl (C=O) groups excluding carboxylic acids is 9. The van der Waals surface area contributed by atoms with Gasteiger partial charge >= 0.3 is 35.3 Å². The molecule has 37 nitrogen and oxygen atoms in total. The number of ether oxygens (including phenoxy) is 4. The summed E-state index contributed by atoms with van der Waals surface area (Å²) in [6.45, 7) is 12.5. The zero-order valence-electron chi connectivity index (χ0n) is 80.0. The number of amides is 5. The van der Waals surface area contributed by atoms with Crippen molar-refractivity contribution in [3.05, 3.63) is 247 Å². The van der Waals surface area contributed by atoms with Gasteiger partial charge in [0.15, 0.2) is 34.4 Å². The zero-order chi connectivity index (χ0) is 103. The number of carbonyl (C=O) groups is 10.